The van der Waals surface area contributed by atoms with Gasteiger partial charge in [0.2, 0.25) is 0 Å². The van der Waals surface area contributed by atoms with Crippen LogP contribution in [0, 0.1) is 12.8 Å². The predicted octanol–water partition coefficient (Wildman–Crippen LogP) is 2.44. The summed E-state index contributed by atoms with van der Waals surface area (Å²) in [5, 5.41) is 7.40. The van der Waals surface area contributed by atoms with Gasteiger partial charge in [0.1, 0.15) is 0 Å². The lowest BCUT2D eigenvalue weighted by Crippen LogP contribution is -2.46. The summed E-state index contributed by atoms with van der Waals surface area (Å²) in [6, 6.07) is 2.14. The van der Waals surface area contributed by atoms with Gasteiger partial charge >= 0.3 is 0 Å². The average Bonchev–Trinajstić information content (AvgIpc) is 3.00. The molecule has 0 aromatic carbocycles. The third-order valence-corrected chi connectivity index (χ3v) is 5.07. The first-order valence-electron chi connectivity index (χ1n) is 8.88. The van der Waals surface area contributed by atoms with Crippen molar-refractivity contribution in [1.82, 2.24) is 15.1 Å². The third kappa shape index (κ3) is 4.46. The molecule has 2 aliphatic heterocycles. The van der Waals surface area contributed by atoms with Gasteiger partial charge in [-0.1, -0.05) is 12.8 Å². The van der Waals surface area contributed by atoms with Gasteiger partial charge in [0.25, 0.3) is 0 Å². The van der Waals surface area contributed by atoms with Crippen LogP contribution in [0.15, 0.2) is 6.07 Å². The highest BCUT2D eigenvalue weighted by Gasteiger charge is 2.18. The Morgan fingerprint density at radius 2 is 1.95 bits per heavy atom. The van der Waals surface area contributed by atoms with Crippen molar-refractivity contribution < 1.29 is 4.74 Å². The van der Waals surface area contributed by atoms with E-state index in [1.54, 1.807) is 0 Å². The fraction of sp³-hybridized carbons (Fsp3) is 0.824. The monoisotopic (exact) mass is 306 g/mol. The van der Waals surface area contributed by atoms with E-state index in [4.69, 9.17) is 4.74 Å². The van der Waals surface area contributed by atoms with E-state index in [1.807, 2.05) is 0 Å². The average molecular weight is 306 g/mol. The summed E-state index contributed by atoms with van der Waals surface area (Å²) in [4.78, 5) is 5.00. The topological polar surface area (TPSA) is 44.4 Å². The molecule has 0 atom stereocenters. The Kier molecular flexibility index (Phi) is 5.73. The minimum Gasteiger partial charge on any atom is -0.381 e. The molecule has 124 valence electrons. The van der Waals surface area contributed by atoms with Gasteiger partial charge in [0.05, 0.1) is 0 Å². The minimum absolute atomic E-state index is 0.925. The van der Waals surface area contributed by atoms with Crippen LogP contribution in [0.25, 0.3) is 0 Å². The molecule has 3 heterocycles. The number of piperazine rings is 1. The molecule has 0 bridgehead atoms. The SMILES string of the molecule is Cc1cc(N2CCN(CCCCC3CCOCC3)CC2)n[nH]1. The number of aromatic nitrogens is 2. The van der Waals surface area contributed by atoms with Crippen LogP contribution in [-0.2, 0) is 4.74 Å². The lowest BCUT2D eigenvalue weighted by molar-refractivity contribution is 0.0628. The molecule has 0 radical (unpaired) electrons. The maximum atomic E-state index is 5.43. The van der Waals surface area contributed by atoms with Gasteiger partial charge in [0, 0.05) is 51.2 Å². The number of aromatic amines is 1. The van der Waals surface area contributed by atoms with Crippen LogP contribution in [0.4, 0.5) is 5.82 Å². The van der Waals surface area contributed by atoms with E-state index in [-0.39, 0.29) is 0 Å². The number of hydrogen-bond donors (Lipinski definition) is 1. The van der Waals surface area contributed by atoms with Crippen molar-refractivity contribution in [2.24, 2.45) is 5.92 Å². The number of rotatable bonds is 6. The van der Waals surface area contributed by atoms with Crippen molar-refractivity contribution >= 4 is 5.82 Å². The maximum Gasteiger partial charge on any atom is 0.150 e. The summed E-state index contributed by atoms with van der Waals surface area (Å²) in [6.45, 7) is 9.83. The van der Waals surface area contributed by atoms with Crippen LogP contribution in [-0.4, -0.2) is 61.0 Å². The molecule has 5 nitrogen and oxygen atoms in total. The number of hydrogen-bond acceptors (Lipinski definition) is 4. The molecule has 2 fully saturated rings. The minimum atomic E-state index is 0.925. The summed E-state index contributed by atoms with van der Waals surface area (Å²) in [5.41, 5.74) is 1.14. The Morgan fingerprint density at radius 1 is 1.18 bits per heavy atom. The molecule has 3 rings (SSSR count). The van der Waals surface area contributed by atoms with Gasteiger partial charge in [0.15, 0.2) is 5.82 Å². The molecule has 0 amide bonds. The van der Waals surface area contributed by atoms with Gasteiger partial charge in [-0.2, -0.15) is 5.10 Å². The summed E-state index contributed by atoms with van der Waals surface area (Å²) in [7, 11) is 0. The van der Waals surface area contributed by atoms with E-state index < -0.39 is 0 Å². The van der Waals surface area contributed by atoms with Crippen molar-refractivity contribution in [2.45, 2.75) is 39.0 Å². The molecule has 2 saturated heterocycles. The number of nitrogens with one attached hydrogen (secondary N) is 1. The van der Waals surface area contributed by atoms with Crippen LogP contribution >= 0.6 is 0 Å². The molecule has 1 aromatic rings. The van der Waals surface area contributed by atoms with E-state index in [1.165, 1.54) is 51.7 Å². The van der Waals surface area contributed by atoms with Crippen LogP contribution in [0.2, 0.25) is 0 Å². The van der Waals surface area contributed by atoms with E-state index in [0.717, 1.165) is 43.7 Å². The number of nitrogens with zero attached hydrogens (tertiary/aromatic N) is 3. The van der Waals surface area contributed by atoms with Crippen molar-refractivity contribution in [1.29, 1.82) is 0 Å². The molecule has 5 heteroatoms. The highest BCUT2D eigenvalue weighted by atomic mass is 16.5. The lowest BCUT2D eigenvalue weighted by atomic mass is 9.94. The van der Waals surface area contributed by atoms with Gasteiger partial charge < -0.3 is 9.64 Å². The number of unbranched alkanes of at least 4 members (excludes halogenated alkanes) is 1. The van der Waals surface area contributed by atoms with Crippen LogP contribution in [0.3, 0.4) is 0 Å². The van der Waals surface area contributed by atoms with Gasteiger partial charge in [-0.05, 0) is 38.6 Å². The van der Waals surface area contributed by atoms with Gasteiger partial charge in [-0.15, -0.1) is 0 Å². The first-order chi connectivity index (χ1) is 10.8. The summed E-state index contributed by atoms with van der Waals surface area (Å²) < 4.78 is 5.43. The fourth-order valence-electron chi connectivity index (χ4n) is 3.57. The highest BCUT2D eigenvalue weighted by molar-refractivity contribution is 5.39. The Morgan fingerprint density at radius 3 is 2.64 bits per heavy atom. The molecule has 0 unspecified atom stereocenters. The fourth-order valence-corrected chi connectivity index (χ4v) is 3.57. The van der Waals surface area contributed by atoms with Crippen LogP contribution < -0.4 is 4.90 Å². The quantitative estimate of drug-likeness (QED) is 0.820. The second kappa shape index (κ2) is 7.97. The van der Waals surface area contributed by atoms with Gasteiger partial charge in [-0.25, -0.2) is 0 Å². The summed E-state index contributed by atoms with van der Waals surface area (Å²) in [6.07, 6.45) is 6.68. The molecule has 22 heavy (non-hydrogen) atoms. The second-order valence-corrected chi connectivity index (χ2v) is 6.79. The smallest absolute Gasteiger partial charge is 0.150 e. The molecular weight excluding hydrogens is 276 g/mol. The first-order valence-corrected chi connectivity index (χ1v) is 8.88. The number of H-pyrrole nitrogens is 1. The zero-order valence-electron chi connectivity index (χ0n) is 13.9. The van der Waals surface area contributed by atoms with E-state index >= 15 is 0 Å². The van der Waals surface area contributed by atoms with Crippen molar-refractivity contribution in [3.05, 3.63) is 11.8 Å². The van der Waals surface area contributed by atoms with Gasteiger partial charge in [-0.3, -0.25) is 10.00 Å². The van der Waals surface area contributed by atoms with E-state index in [9.17, 15) is 0 Å². The van der Waals surface area contributed by atoms with Crippen molar-refractivity contribution in [3.8, 4) is 0 Å². The Bertz CT molecular complexity index is 434. The molecule has 0 aliphatic carbocycles. The zero-order chi connectivity index (χ0) is 15.2. The molecule has 0 saturated carbocycles. The van der Waals surface area contributed by atoms with E-state index in [0.29, 0.717) is 0 Å². The third-order valence-electron chi connectivity index (χ3n) is 5.07. The van der Waals surface area contributed by atoms with Crippen molar-refractivity contribution in [2.75, 3.05) is 50.8 Å². The predicted molar refractivity (Wildman–Crippen MR) is 89.4 cm³/mol. The Hall–Kier alpha value is -1.07. The molecular formula is C17H30N4O. The number of ether oxygens (including phenoxy) is 1. The number of aryl methyl sites for hydroxylation is 1. The highest BCUT2D eigenvalue weighted by Crippen LogP contribution is 2.21. The summed E-state index contributed by atoms with van der Waals surface area (Å²) in [5.74, 6) is 2.03. The normalized spacial score (nSPS) is 21.4. The molecule has 2 aliphatic rings. The molecule has 1 aromatic heterocycles. The Balaban J connectivity index is 1.29. The summed E-state index contributed by atoms with van der Waals surface area (Å²) >= 11 is 0. The standard InChI is InChI=1S/C17H30N4O/c1-15-14-17(19-18-15)21-10-8-20(9-11-21)7-3-2-4-16-5-12-22-13-6-16/h14,16H,2-13H2,1H3,(H,18,19). The number of anilines is 1. The van der Waals surface area contributed by atoms with Crippen LogP contribution in [0.5, 0.6) is 0 Å². The largest absolute Gasteiger partial charge is 0.381 e. The zero-order valence-corrected chi connectivity index (χ0v) is 13.9. The lowest BCUT2D eigenvalue weighted by Gasteiger charge is -2.34. The second-order valence-electron chi connectivity index (χ2n) is 6.79. The van der Waals surface area contributed by atoms with E-state index in [2.05, 4.69) is 33.0 Å². The first kappa shape index (κ1) is 15.8. The molecule has 0 spiro atoms. The van der Waals surface area contributed by atoms with Crippen molar-refractivity contribution in [3.63, 3.8) is 0 Å². The van der Waals surface area contributed by atoms with Crippen LogP contribution in [0.1, 0.15) is 37.8 Å². The Labute approximate surface area is 134 Å². The molecule has 1 N–H and O–H groups in total. The maximum absolute atomic E-state index is 5.43.